The predicted octanol–water partition coefficient (Wildman–Crippen LogP) is -1.16. The van der Waals surface area contributed by atoms with Crippen LogP contribution in [0, 0.1) is 5.92 Å². The maximum absolute atomic E-state index is 15.2. The number of carbonyl (C=O) groups is 10. The first-order chi connectivity index (χ1) is 37.1. The van der Waals surface area contributed by atoms with Gasteiger partial charge in [-0.15, -0.1) is 0 Å². The third kappa shape index (κ3) is 19.5. The molecule has 1 saturated carbocycles. The van der Waals surface area contributed by atoms with Crippen molar-refractivity contribution < 1.29 is 52.7 Å². The molecule has 3 aliphatic rings. The number of primary amides is 3. The fraction of sp³-hybridized carbons (Fsp3) is 0.558. The molecule has 0 unspecified atom stereocenters. The van der Waals surface area contributed by atoms with Crippen molar-refractivity contribution in [3.8, 4) is 5.75 Å². The summed E-state index contributed by atoms with van der Waals surface area (Å²) in [6.45, 7) is 1.82. The number of carbonyl (C=O) groups excluding carboxylic acids is 10. The van der Waals surface area contributed by atoms with Crippen LogP contribution in [0.15, 0.2) is 59.6 Å². The molecule has 2 aromatic rings. The quantitative estimate of drug-likeness (QED) is 0.0322. The molecule has 1 spiro atoms. The van der Waals surface area contributed by atoms with Crippen molar-refractivity contribution in [1.82, 2.24) is 36.8 Å². The van der Waals surface area contributed by atoms with Crippen molar-refractivity contribution in [2.45, 2.75) is 144 Å². The molecule has 2 aliphatic heterocycles. The first kappa shape index (κ1) is 61.9. The normalized spacial score (nSPS) is 24.9. The summed E-state index contributed by atoms with van der Waals surface area (Å²) < 4.78 is 4.71. The van der Waals surface area contributed by atoms with Crippen molar-refractivity contribution >= 4 is 86.5 Å². The minimum atomic E-state index is -1.71. The van der Waals surface area contributed by atoms with Gasteiger partial charge in [0.15, 0.2) is 11.7 Å². The highest BCUT2D eigenvalue weighted by Crippen LogP contribution is 2.50. The molecule has 426 valence electrons. The molecule has 9 amide bonds. The van der Waals surface area contributed by atoms with Crippen LogP contribution in [0.1, 0.15) is 95.1 Å². The van der Waals surface area contributed by atoms with E-state index in [-0.39, 0.29) is 82.0 Å². The molecule has 24 nitrogen and oxygen atoms in total. The third-order valence-corrected chi connectivity index (χ3v) is 17.3. The Balaban J connectivity index is 1.54. The number of benzene rings is 2. The van der Waals surface area contributed by atoms with Gasteiger partial charge in [0.05, 0.1) is 32.2 Å². The van der Waals surface area contributed by atoms with Gasteiger partial charge in [0.1, 0.15) is 36.0 Å². The van der Waals surface area contributed by atoms with Crippen molar-refractivity contribution in [1.29, 1.82) is 0 Å². The van der Waals surface area contributed by atoms with Gasteiger partial charge in [0.2, 0.25) is 53.2 Å². The average molecular weight is 1120 g/mol. The average Bonchev–Trinajstić information content (AvgIpc) is 3.90. The molecule has 2 heterocycles. The highest BCUT2D eigenvalue weighted by molar-refractivity contribution is 8.77. The lowest BCUT2D eigenvalue weighted by molar-refractivity contribution is -0.142. The topological polar surface area (TPSA) is 398 Å². The minimum absolute atomic E-state index is 0.0377. The third-order valence-electron chi connectivity index (χ3n) is 14.0. The molecule has 7 atom stereocenters. The summed E-state index contributed by atoms with van der Waals surface area (Å²) in [7, 11) is 4.21. The molecule has 0 aromatic heterocycles. The van der Waals surface area contributed by atoms with Crippen molar-refractivity contribution in [2.24, 2.45) is 39.6 Å². The molecule has 78 heavy (non-hydrogen) atoms. The van der Waals surface area contributed by atoms with Crippen LogP contribution < -0.4 is 65.3 Å². The lowest BCUT2D eigenvalue weighted by atomic mass is 9.78. The van der Waals surface area contributed by atoms with E-state index in [0.717, 1.165) is 24.0 Å². The molecule has 16 N–H and O–H groups in total. The Bertz CT molecular complexity index is 2480. The Morgan fingerprint density at radius 1 is 0.795 bits per heavy atom. The number of guanidine groups is 1. The van der Waals surface area contributed by atoms with Gasteiger partial charge in [0, 0.05) is 36.4 Å². The Labute approximate surface area is 461 Å². The molecular weight excluding hydrogens is 1050 g/mol. The molecule has 0 radical (unpaired) electrons. The fourth-order valence-electron chi connectivity index (χ4n) is 9.63. The number of ketones is 1. The lowest BCUT2D eigenvalue weighted by Gasteiger charge is -2.39. The molecule has 2 aromatic carbocycles. The summed E-state index contributed by atoms with van der Waals surface area (Å²) in [6.07, 6.45) is 2.45. The molecular formula is C52H75N13O11S2. The number of likely N-dealkylation sites (tertiary alicyclic amines) is 1. The van der Waals surface area contributed by atoms with Crippen LogP contribution in [0.3, 0.4) is 0 Å². The van der Waals surface area contributed by atoms with E-state index in [1.165, 1.54) is 26.5 Å². The van der Waals surface area contributed by atoms with E-state index in [2.05, 4.69) is 43.8 Å². The summed E-state index contributed by atoms with van der Waals surface area (Å²) in [5.74, 6) is -6.95. The number of aliphatic imine (C=N–C) groups is 1. The summed E-state index contributed by atoms with van der Waals surface area (Å²) >= 11 is 0. The molecule has 1 aliphatic carbocycles. The van der Waals surface area contributed by atoms with Gasteiger partial charge in [-0.3, -0.25) is 58.3 Å². The second-order valence-corrected chi connectivity index (χ2v) is 22.9. The molecule has 0 bridgehead atoms. The van der Waals surface area contributed by atoms with Crippen molar-refractivity contribution in [2.75, 3.05) is 32.5 Å². The first-order valence-corrected chi connectivity index (χ1v) is 28.4. The van der Waals surface area contributed by atoms with Gasteiger partial charge < -0.3 is 64.9 Å². The number of nitrogens with one attached hydrogen (secondary N) is 6. The van der Waals surface area contributed by atoms with Crippen LogP contribution >= 0.6 is 21.6 Å². The van der Waals surface area contributed by atoms with Crippen molar-refractivity contribution in [3.05, 3.63) is 65.7 Å². The summed E-state index contributed by atoms with van der Waals surface area (Å²) in [5, 5.41) is 16.4. The van der Waals surface area contributed by atoms with Crippen molar-refractivity contribution in [3.63, 3.8) is 0 Å². The van der Waals surface area contributed by atoms with E-state index in [1.807, 2.05) is 30.3 Å². The Morgan fingerprint density at radius 2 is 1.44 bits per heavy atom. The highest BCUT2D eigenvalue weighted by Gasteiger charge is 2.43. The van der Waals surface area contributed by atoms with Gasteiger partial charge in [-0.2, -0.15) is 0 Å². The van der Waals surface area contributed by atoms with Crippen LogP contribution in [-0.4, -0.2) is 149 Å². The van der Waals surface area contributed by atoms with Crippen LogP contribution in [-0.2, 0) is 60.8 Å². The van der Waals surface area contributed by atoms with Crippen LogP contribution in [0.25, 0.3) is 0 Å². The zero-order valence-corrected chi connectivity index (χ0v) is 45.8. The number of nitrogens with two attached hydrogens (primary N) is 5. The van der Waals surface area contributed by atoms with E-state index in [9.17, 15) is 43.2 Å². The van der Waals surface area contributed by atoms with Crippen LogP contribution in [0.2, 0.25) is 0 Å². The highest BCUT2D eigenvalue weighted by atomic mass is 33.1. The maximum atomic E-state index is 15.2. The molecule has 26 heteroatoms. The predicted molar refractivity (Wildman–Crippen MR) is 294 cm³/mol. The number of hydrogen-bond acceptors (Lipinski definition) is 15. The van der Waals surface area contributed by atoms with E-state index in [4.69, 9.17) is 33.4 Å². The van der Waals surface area contributed by atoms with E-state index >= 15 is 4.79 Å². The lowest BCUT2D eigenvalue weighted by Crippen LogP contribution is -2.61. The Kier molecular flexibility index (Phi) is 24.0. The van der Waals surface area contributed by atoms with E-state index in [1.54, 1.807) is 31.4 Å². The molecule has 5 rings (SSSR count). The number of Topliss-reactive ketones (excluding diaryl/α,β-unsaturated/α-hetero) is 1. The number of nitrogens with zero attached hydrogens (tertiary/aromatic N) is 2. The van der Waals surface area contributed by atoms with E-state index < -0.39 is 113 Å². The van der Waals surface area contributed by atoms with Gasteiger partial charge >= 0.3 is 0 Å². The monoisotopic (exact) mass is 1120 g/mol. The second kappa shape index (κ2) is 30.3. The maximum Gasteiger partial charge on any atom is 0.246 e. The largest absolute Gasteiger partial charge is 0.497 e. The number of ether oxygens (including phenoxy) is 1. The number of amides is 9. The van der Waals surface area contributed by atoms with Gasteiger partial charge in [0.25, 0.3) is 0 Å². The SMILES string of the molecule is COc1ccc(C[C@@H]2N[C@@H](Cc3ccccc3)C(=O)N[C@@H](CCC(N)=O)C(=O)N[C@@H](CC(N)=O)C(=O)N[C@H](C(=O)N3CCC[C@H]3C(=O)N[C@@H](CCCN=C(N)N)C(=O)NCC(N)=O)CSSC3(CCC(C)CC3)CC2=O)cc1. The minimum Gasteiger partial charge on any atom is -0.497 e. The van der Waals surface area contributed by atoms with Crippen LogP contribution in [0.5, 0.6) is 5.75 Å². The number of rotatable bonds is 20. The fourth-order valence-corrected chi connectivity index (χ4v) is 12.9. The molecule has 2 saturated heterocycles. The summed E-state index contributed by atoms with van der Waals surface area (Å²) in [6, 6.07) is 7.24. The van der Waals surface area contributed by atoms with Gasteiger partial charge in [-0.1, -0.05) is 71.0 Å². The molecule has 3 fully saturated rings. The Hall–Kier alpha value is -6.93. The first-order valence-electron chi connectivity index (χ1n) is 26.1. The van der Waals surface area contributed by atoms with Gasteiger partial charge in [-0.05, 0) is 99.8 Å². The zero-order valence-electron chi connectivity index (χ0n) is 44.1. The second-order valence-electron chi connectivity index (χ2n) is 20.1. The Morgan fingerprint density at radius 3 is 2.08 bits per heavy atom. The standard InChI is InChI=1S/C52H75N13O11S2/c1-30-18-20-52(21-19-30)27-41(66)36(24-32-12-14-33(76-2)15-13-32)60-37(25-31-8-4-3-5-9-31)47(72)61-35(16-17-42(53)67)46(71)63-38(26-43(54)68)48(73)64-39(29-77-78-52)50(75)65-23-7-11-40(65)49(74)62-34(10-6-22-58-51(56)57)45(70)59-28-44(55)69/h3-5,8-9,12-15,30,34-40,60H,6-7,10-11,16-29H2,1-2H3,(H2,53,67)(H2,54,68)(H2,55,69)(H,59,70)(H,61,72)(H,62,74)(H,63,71)(H,64,73)(H4,56,57,58)/t30?,34-,35-,36-,37-,38-,39-,40-,52?/m0/s1. The zero-order chi connectivity index (χ0) is 56.9. The summed E-state index contributed by atoms with van der Waals surface area (Å²) in [5.41, 5.74) is 28.9. The van der Waals surface area contributed by atoms with E-state index in [0.29, 0.717) is 30.9 Å². The number of methoxy groups -OCH3 is 1. The van der Waals surface area contributed by atoms with Gasteiger partial charge in [-0.25, -0.2) is 0 Å². The number of hydrogen-bond donors (Lipinski definition) is 11. The van der Waals surface area contributed by atoms with Crippen LogP contribution in [0.4, 0.5) is 0 Å². The smallest absolute Gasteiger partial charge is 0.246 e. The summed E-state index contributed by atoms with van der Waals surface area (Å²) in [4.78, 5) is 143.